The van der Waals surface area contributed by atoms with Crippen LogP contribution in [-0.2, 0) is 16.0 Å². The zero-order chi connectivity index (χ0) is 15.3. The molecular weight excluding hydrogens is 264 g/mol. The highest BCUT2D eigenvalue weighted by molar-refractivity contribution is 5.78. The van der Waals surface area contributed by atoms with Gasteiger partial charge in [0.05, 0.1) is 12.0 Å². The molecule has 1 aromatic carbocycles. The summed E-state index contributed by atoms with van der Waals surface area (Å²) in [5.74, 6) is -1.72. The Balaban J connectivity index is 3.18. The highest BCUT2D eigenvalue weighted by Gasteiger charge is 2.42. The van der Waals surface area contributed by atoms with Crippen LogP contribution >= 0.6 is 0 Å². The molecule has 0 aromatic heterocycles. The Labute approximate surface area is 118 Å². The van der Waals surface area contributed by atoms with Crippen LogP contribution in [-0.4, -0.2) is 19.1 Å². The number of carbonyl (C=O) groups is 1. The van der Waals surface area contributed by atoms with E-state index < -0.39 is 23.0 Å². The van der Waals surface area contributed by atoms with Gasteiger partial charge >= 0.3 is 5.97 Å². The molecule has 112 valence electrons. The minimum Gasteiger partial charge on any atom is -0.466 e. The lowest BCUT2D eigenvalue weighted by Crippen LogP contribution is -2.46. The standard InChI is InChI=1S/C15H21F2NO2/c1-4-20-14(19)15(9-18,10(2)3)8-11-7-12(16)5-6-13(11)17/h5-7,10H,4,8-9,18H2,1-3H3. The van der Waals surface area contributed by atoms with Crippen molar-refractivity contribution in [3.05, 3.63) is 35.4 Å². The molecule has 1 unspecified atom stereocenters. The van der Waals surface area contributed by atoms with Crippen molar-refractivity contribution in [1.82, 2.24) is 0 Å². The number of hydrogen-bond acceptors (Lipinski definition) is 3. The molecule has 3 nitrogen and oxygen atoms in total. The second kappa shape index (κ2) is 6.79. The Morgan fingerprint density at radius 2 is 2.05 bits per heavy atom. The Morgan fingerprint density at radius 3 is 2.55 bits per heavy atom. The molecular formula is C15H21F2NO2. The Bertz CT molecular complexity index is 477. The predicted molar refractivity (Wildman–Crippen MR) is 73.0 cm³/mol. The van der Waals surface area contributed by atoms with Gasteiger partial charge in [0.25, 0.3) is 0 Å². The summed E-state index contributed by atoms with van der Waals surface area (Å²) >= 11 is 0. The van der Waals surface area contributed by atoms with Gasteiger partial charge < -0.3 is 10.5 Å². The van der Waals surface area contributed by atoms with E-state index in [0.717, 1.165) is 18.2 Å². The molecule has 0 bridgehead atoms. The molecule has 2 N–H and O–H groups in total. The third-order valence-corrected chi connectivity index (χ3v) is 3.67. The van der Waals surface area contributed by atoms with Crippen molar-refractivity contribution in [3.8, 4) is 0 Å². The number of ether oxygens (including phenoxy) is 1. The van der Waals surface area contributed by atoms with Gasteiger partial charge in [0, 0.05) is 6.54 Å². The van der Waals surface area contributed by atoms with E-state index in [9.17, 15) is 13.6 Å². The number of nitrogens with two attached hydrogens (primary N) is 1. The fourth-order valence-corrected chi connectivity index (χ4v) is 2.20. The van der Waals surface area contributed by atoms with Gasteiger partial charge in [-0.3, -0.25) is 4.79 Å². The third-order valence-electron chi connectivity index (χ3n) is 3.67. The van der Waals surface area contributed by atoms with E-state index >= 15 is 0 Å². The van der Waals surface area contributed by atoms with Gasteiger partial charge in [-0.2, -0.15) is 0 Å². The number of halogens is 2. The first-order valence-electron chi connectivity index (χ1n) is 6.68. The second-order valence-electron chi connectivity index (χ2n) is 5.15. The van der Waals surface area contributed by atoms with Crippen molar-refractivity contribution in [2.24, 2.45) is 17.1 Å². The number of rotatable bonds is 6. The number of carbonyl (C=O) groups excluding carboxylic acids is 1. The van der Waals surface area contributed by atoms with Gasteiger partial charge in [0.2, 0.25) is 0 Å². The fraction of sp³-hybridized carbons (Fsp3) is 0.533. The number of esters is 1. The smallest absolute Gasteiger partial charge is 0.313 e. The summed E-state index contributed by atoms with van der Waals surface area (Å²) in [6.07, 6.45) is 0.0175. The minimum atomic E-state index is -1.05. The molecule has 0 spiro atoms. The summed E-state index contributed by atoms with van der Waals surface area (Å²) in [4.78, 5) is 12.2. The van der Waals surface area contributed by atoms with Crippen LogP contribution in [0.25, 0.3) is 0 Å². The molecule has 0 saturated carbocycles. The maximum atomic E-state index is 13.8. The summed E-state index contributed by atoms with van der Waals surface area (Å²) in [7, 11) is 0. The van der Waals surface area contributed by atoms with Crippen LogP contribution in [0.5, 0.6) is 0 Å². The zero-order valence-corrected chi connectivity index (χ0v) is 12.1. The fourth-order valence-electron chi connectivity index (χ4n) is 2.20. The molecule has 0 fully saturated rings. The minimum absolute atomic E-state index is 0.0133. The first kappa shape index (κ1) is 16.6. The van der Waals surface area contributed by atoms with E-state index in [1.54, 1.807) is 6.92 Å². The highest BCUT2D eigenvalue weighted by atomic mass is 19.1. The third kappa shape index (κ3) is 3.33. The molecule has 0 aliphatic heterocycles. The quantitative estimate of drug-likeness (QED) is 0.818. The van der Waals surface area contributed by atoms with Crippen molar-refractivity contribution in [1.29, 1.82) is 0 Å². The van der Waals surface area contributed by atoms with Crippen LogP contribution < -0.4 is 5.73 Å². The Kier molecular flexibility index (Phi) is 5.62. The van der Waals surface area contributed by atoms with E-state index in [4.69, 9.17) is 10.5 Å². The Hall–Kier alpha value is -1.49. The molecule has 0 aliphatic rings. The van der Waals surface area contributed by atoms with Crippen molar-refractivity contribution in [2.75, 3.05) is 13.2 Å². The molecule has 1 rings (SSSR count). The highest BCUT2D eigenvalue weighted by Crippen LogP contribution is 2.33. The van der Waals surface area contributed by atoms with Gasteiger partial charge in [-0.25, -0.2) is 8.78 Å². The van der Waals surface area contributed by atoms with E-state index in [2.05, 4.69) is 0 Å². The van der Waals surface area contributed by atoms with Crippen LogP contribution in [0.1, 0.15) is 26.3 Å². The van der Waals surface area contributed by atoms with Crippen LogP contribution in [0.15, 0.2) is 18.2 Å². The molecule has 20 heavy (non-hydrogen) atoms. The molecule has 0 heterocycles. The van der Waals surface area contributed by atoms with Crippen molar-refractivity contribution in [3.63, 3.8) is 0 Å². The molecule has 0 saturated heterocycles. The lowest BCUT2D eigenvalue weighted by atomic mass is 9.72. The van der Waals surface area contributed by atoms with Crippen LogP contribution in [0.4, 0.5) is 8.78 Å². The summed E-state index contributed by atoms with van der Waals surface area (Å²) in [5.41, 5.74) is 4.84. The topological polar surface area (TPSA) is 52.3 Å². The van der Waals surface area contributed by atoms with Gasteiger partial charge in [-0.1, -0.05) is 13.8 Å². The second-order valence-corrected chi connectivity index (χ2v) is 5.15. The lowest BCUT2D eigenvalue weighted by molar-refractivity contribution is -0.157. The van der Waals surface area contributed by atoms with Crippen LogP contribution in [0.3, 0.4) is 0 Å². The van der Waals surface area contributed by atoms with Crippen LogP contribution in [0.2, 0.25) is 0 Å². The van der Waals surface area contributed by atoms with Crippen molar-refractivity contribution in [2.45, 2.75) is 27.2 Å². The number of benzene rings is 1. The van der Waals surface area contributed by atoms with E-state index in [1.807, 2.05) is 13.8 Å². The molecule has 0 aliphatic carbocycles. The van der Waals surface area contributed by atoms with Gasteiger partial charge in [-0.15, -0.1) is 0 Å². The molecule has 0 amide bonds. The summed E-state index contributed by atoms with van der Waals surface area (Å²) in [6, 6.07) is 3.20. The number of hydrogen-bond donors (Lipinski definition) is 1. The zero-order valence-electron chi connectivity index (χ0n) is 12.1. The summed E-state index contributed by atoms with van der Waals surface area (Å²) < 4.78 is 32.1. The molecule has 5 heteroatoms. The largest absolute Gasteiger partial charge is 0.466 e. The first-order valence-corrected chi connectivity index (χ1v) is 6.68. The average Bonchev–Trinajstić information content (AvgIpc) is 2.39. The van der Waals surface area contributed by atoms with Crippen molar-refractivity contribution >= 4 is 5.97 Å². The van der Waals surface area contributed by atoms with E-state index in [-0.39, 0.29) is 31.1 Å². The first-order chi connectivity index (χ1) is 9.37. The summed E-state index contributed by atoms with van der Waals surface area (Å²) in [6.45, 7) is 5.57. The molecule has 1 aromatic rings. The molecule has 0 radical (unpaired) electrons. The van der Waals surface area contributed by atoms with Gasteiger partial charge in [0.15, 0.2) is 0 Å². The summed E-state index contributed by atoms with van der Waals surface area (Å²) in [5, 5.41) is 0. The maximum absolute atomic E-state index is 13.8. The van der Waals surface area contributed by atoms with Crippen LogP contribution in [0, 0.1) is 23.0 Å². The molecule has 1 atom stereocenters. The van der Waals surface area contributed by atoms with Gasteiger partial charge in [-0.05, 0) is 43.0 Å². The average molecular weight is 285 g/mol. The van der Waals surface area contributed by atoms with E-state index in [0.29, 0.717) is 0 Å². The SMILES string of the molecule is CCOC(=O)C(CN)(Cc1cc(F)ccc1F)C(C)C. The maximum Gasteiger partial charge on any atom is 0.313 e. The normalized spacial score (nSPS) is 14.2. The van der Waals surface area contributed by atoms with E-state index in [1.165, 1.54) is 0 Å². The monoisotopic (exact) mass is 285 g/mol. The predicted octanol–water partition coefficient (Wildman–Crippen LogP) is 2.67. The Morgan fingerprint density at radius 1 is 1.40 bits per heavy atom. The van der Waals surface area contributed by atoms with Crippen molar-refractivity contribution < 1.29 is 18.3 Å². The lowest BCUT2D eigenvalue weighted by Gasteiger charge is -2.34. The van der Waals surface area contributed by atoms with Gasteiger partial charge in [0.1, 0.15) is 11.6 Å².